The smallest absolute Gasteiger partial charge is 0.278 e. The van der Waals surface area contributed by atoms with Gasteiger partial charge >= 0.3 is 0 Å². The summed E-state index contributed by atoms with van der Waals surface area (Å²) in [5.74, 6) is 0.868. The van der Waals surface area contributed by atoms with Crippen molar-refractivity contribution in [2.24, 2.45) is 0 Å². The Hall–Kier alpha value is -4.94. The van der Waals surface area contributed by atoms with Crippen molar-refractivity contribution in [3.8, 4) is 17.2 Å². The SMILES string of the molecule is C=CCn1c(=O)c2cnc(Nc3ccc(N4CCN(CCO)CC4)cc3)nc2n1-c1cccc(-c2cnccn2)n1. The highest BCUT2D eigenvalue weighted by atomic mass is 16.3. The molecule has 5 aromatic rings. The van der Waals surface area contributed by atoms with Gasteiger partial charge < -0.3 is 15.3 Å². The number of nitrogens with one attached hydrogen (secondary N) is 1. The predicted octanol–water partition coefficient (Wildman–Crippen LogP) is 2.48. The first-order valence-corrected chi connectivity index (χ1v) is 13.4. The molecule has 0 aliphatic carbocycles. The largest absolute Gasteiger partial charge is 0.395 e. The molecule has 2 N–H and O–H groups in total. The molecule has 12 nitrogen and oxygen atoms in total. The number of nitrogens with zero attached hydrogens (tertiary/aromatic N) is 9. The third-order valence-corrected chi connectivity index (χ3v) is 7.03. The van der Waals surface area contributed by atoms with Crippen molar-refractivity contribution >= 4 is 28.4 Å². The molecular weight excluding hydrogens is 520 g/mol. The van der Waals surface area contributed by atoms with Gasteiger partial charge in [-0.05, 0) is 36.4 Å². The Kier molecular flexibility index (Phi) is 7.48. The molecular formula is C29H30N10O2. The van der Waals surface area contributed by atoms with Gasteiger partial charge in [0.1, 0.15) is 11.1 Å². The molecule has 0 radical (unpaired) electrons. The highest BCUT2D eigenvalue weighted by Crippen LogP contribution is 2.23. The van der Waals surface area contributed by atoms with E-state index in [0.29, 0.717) is 34.2 Å². The maximum absolute atomic E-state index is 13.3. The zero-order chi connectivity index (χ0) is 28.2. The molecule has 1 aromatic carbocycles. The molecule has 1 aliphatic rings. The lowest BCUT2D eigenvalue weighted by Gasteiger charge is -2.35. The van der Waals surface area contributed by atoms with E-state index < -0.39 is 0 Å². The molecule has 0 amide bonds. The topological polar surface area (TPSA) is 130 Å². The lowest BCUT2D eigenvalue weighted by Crippen LogP contribution is -2.47. The Morgan fingerprint density at radius 3 is 2.51 bits per heavy atom. The van der Waals surface area contributed by atoms with Crippen molar-refractivity contribution in [3.05, 3.63) is 90.3 Å². The van der Waals surface area contributed by atoms with Crippen LogP contribution in [0.1, 0.15) is 0 Å². The summed E-state index contributed by atoms with van der Waals surface area (Å²) in [6, 6.07) is 13.6. The van der Waals surface area contributed by atoms with Crippen molar-refractivity contribution in [1.82, 2.24) is 39.2 Å². The molecule has 0 spiro atoms. The van der Waals surface area contributed by atoms with Crippen molar-refractivity contribution in [2.45, 2.75) is 6.54 Å². The lowest BCUT2D eigenvalue weighted by molar-refractivity contribution is 0.189. The molecule has 41 heavy (non-hydrogen) atoms. The van der Waals surface area contributed by atoms with E-state index in [1.807, 2.05) is 30.3 Å². The van der Waals surface area contributed by atoms with Gasteiger partial charge in [0.25, 0.3) is 5.56 Å². The van der Waals surface area contributed by atoms with Gasteiger partial charge in [0.15, 0.2) is 11.5 Å². The van der Waals surface area contributed by atoms with Gasteiger partial charge in [-0.2, -0.15) is 4.98 Å². The molecule has 0 unspecified atom stereocenters. The van der Waals surface area contributed by atoms with Gasteiger partial charge in [0.2, 0.25) is 5.95 Å². The zero-order valence-corrected chi connectivity index (χ0v) is 22.5. The second-order valence-corrected chi connectivity index (χ2v) is 9.61. The van der Waals surface area contributed by atoms with E-state index >= 15 is 0 Å². The summed E-state index contributed by atoms with van der Waals surface area (Å²) in [5.41, 5.74) is 3.40. The summed E-state index contributed by atoms with van der Waals surface area (Å²) in [7, 11) is 0. The first kappa shape index (κ1) is 26.3. The van der Waals surface area contributed by atoms with Crippen LogP contribution >= 0.6 is 0 Å². The van der Waals surface area contributed by atoms with E-state index in [2.05, 4.69) is 48.8 Å². The number of β-amino-alcohol motifs (C(OH)–C–C–N with tert-alkyl or cyclic N) is 1. The monoisotopic (exact) mass is 550 g/mol. The highest BCUT2D eigenvalue weighted by Gasteiger charge is 2.19. The van der Waals surface area contributed by atoms with E-state index in [4.69, 9.17) is 9.97 Å². The first-order valence-electron chi connectivity index (χ1n) is 13.4. The molecule has 12 heteroatoms. The van der Waals surface area contributed by atoms with Crippen molar-refractivity contribution in [1.29, 1.82) is 0 Å². The maximum atomic E-state index is 13.3. The van der Waals surface area contributed by atoms with Gasteiger partial charge in [0, 0.05) is 62.7 Å². The standard InChI is InChI=1S/C29H30N10O2/c1-2-12-38-28(41)23-19-32-29(33-21-6-8-22(9-7-21)37-15-13-36(14-16-37)17-18-40)35-27(23)39(38)26-5-3-4-24(34-26)25-20-30-10-11-31-25/h2-11,19-20,40H,1,12-18H2,(H,32,33,35). The number of piperazine rings is 1. The molecule has 4 aromatic heterocycles. The number of aliphatic hydroxyl groups excluding tert-OH is 1. The highest BCUT2D eigenvalue weighted by molar-refractivity contribution is 5.77. The van der Waals surface area contributed by atoms with Crippen LogP contribution in [0.4, 0.5) is 17.3 Å². The minimum Gasteiger partial charge on any atom is -0.395 e. The molecule has 1 saturated heterocycles. The van der Waals surface area contributed by atoms with Gasteiger partial charge in [-0.1, -0.05) is 12.1 Å². The van der Waals surface area contributed by atoms with Gasteiger partial charge in [-0.3, -0.25) is 19.7 Å². The van der Waals surface area contributed by atoms with Gasteiger partial charge in [-0.25, -0.2) is 19.3 Å². The van der Waals surface area contributed by atoms with Crippen LogP contribution in [0.2, 0.25) is 0 Å². The quantitative estimate of drug-likeness (QED) is 0.264. The molecule has 1 fully saturated rings. The van der Waals surface area contributed by atoms with E-state index in [1.165, 1.54) is 10.9 Å². The summed E-state index contributed by atoms with van der Waals surface area (Å²) in [6.07, 6.45) is 8.05. The number of hydrogen-bond acceptors (Lipinski definition) is 10. The minimum absolute atomic E-state index is 0.190. The van der Waals surface area contributed by atoms with Crippen LogP contribution in [-0.2, 0) is 6.54 Å². The van der Waals surface area contributed by atoms with E-state index in [9.17, 15) is 9.90 Å². The fraction of sp³-hybridized carbons (Fsp3) is 0.241. The number of allylic oxidation sites excluding steroid dienone is 1. The summed E-state index contributed by atoms with van der Waals surface area (Å²) in [5, 5.41) is 12.8. The normalized spacial score (nSPS) is 13.9. The Morgan fingerprint density at radius 2 is 1.78 bits per heavy atom. The van der Waals surface area contributed by atoms with E-state index in [0.717, 1.165) is 44.1 Å². The van der Waals surface area contributed by atoms with Crippen LogP contribution in [-0.4, -0.2) is 83.6 Å². The van der Waals surface area contributed by atoms with Gasteiger partial charge in [-0.15, -0.1) is 6.58 Å². The number of aromatic nitrogens is 7. The molecule has 208 valence electrons. The Balaban J connectivity index is 1.30. The zero-order valence-electron chi connectivity index (χ0n) is 22.5. The van der Waals surface area contributed by atoms with E-state index in [-0.39, 0.29) is 18.7 Å². The fourth-order valence-corrected chi connectivity index (χ4v) is 4.98. The Labute approximate surface area is 236 Å². The Morgan fingerprint density at radius 1 is 0.951 bits per heavy atom. The maximum Gasteiger partial charge on any atom is 0.278 e. The number of hydrogen-bond donors (Lipinski definition) is 2. The van der Waals surface area contributed by atoms with Crippen LogP contribution in [0.15, 0.2) is 84.7 Å². The molecule has 1 aliphatic heterocycles. The summed E-state index contributed by atoms with van der Waals surface area (Å²) >= 11 is 0. The third-order valence-electron chi connectivity index (χ3n) is 7.03. The first-order chi connectivity index (χ1) is 20.1. The molecule has 6 rings (SSSR count). The van der Waals surface area contributed by atoms with Crippen LogP contribution in [0, 0.1) is 0 Å². The second-order valence-electron chi connectivity index (χ2n) is 9.61. The van der Waals surface area contributed by atoms with Crippen molar-refractivity contribution in [2.75, 3.05) is 49.5 Å². The van der Waals surface area contributed by atoms with E-state index in [1.54, 1.807) is 29.3 Å². The molecule has 5 heterocycles. The Bertz CT molecular complexity index is 1710. The number of fused-ring (bicyclic) bond motifs is 1. The summed E-state index contributed by atoms with van der Waals surface area (Å²) in [4.78, 5) is 40.3. The number of benzene rings is 1. The summed E-state index contributed by atoms with van der Waals surface area (Å²) < 4.78 is 3.22. The number of rotatable bonds is 9. The average molecular weight is 551 g/mol. The number of anilines is 3. The second kappa shape index (κ2) is 11.7. The lowest BCUT2D eigenvalue weighted by atomic mass is 10.2. The van der Waals surface area contributed by atoms with Gasteiger partial charge in [0.05, 0.1) is 25.0 Å². The number of pyridine rings is 1. The van der Waals surface area contributed by atoms with Crippen LogP contribution < -0.4 is 15.8 Å². The molecule has 0 saturated carbocycles. The minimum atomic E-state index is -0.235. The van der Waals surface area contributed by atoms with Crippen LogP contribution in [0.25, 0.3) is 28.2 Å². The van der Waals surface area contributed by atoms with Crippen molar-refractivity contribution < 1.29 is 5.11 Å². The van der Waals surface area contributed by atoms with Crippen LogP contribution in [0.3, 0.4) is 0 Å². The van der Waals surface area contributed by atoms with Crippen molar-refractivity contribution in [3.63, 3.8) is 0 Å². The third kappa shape index (κ3) is 5.42. The predicted molar refractivity (Wildman–Crippen MR) is 158 cm³/mol. The molecule has 0 bridgehead atoms. The number of aliphatic hydroxyl groups is 1. The fourth-order valence-electron chi connectivity index (χ4n) is 4.98. The average Bonchev–Trinajstić information content (AvgIpc) is 3.29. The summed E-state index contributed by atoms with van der Waals surface area (Å²) in [6.45, 7) is 8.68. The molecule has 0 atom stereocenters. The van der Waals surface area contributed by atoms with Crippen LogP contribution in [0.5, 0.6) is 0 Å².